The number of aromatic carboxylic acids is 1. The second kappa shape index (κ2) is 5.88. The van der Waals surface area contributed by atoms with Gasteiger partial charge in [-0.2, -0.15) is 0 Å². The van der Waals surface area contributed by atoms with Crippen molar-refractivity contribution < 1.29 is 9.90 Å². The minimum Gasteiger partial charge on any atom is -0.545 e. The maximum absolute atomic E-state index is 11.4. The number of benzene rings is 2. The first-order chi connectivity index (χ1) is 10.5. The summed E-state index contributed by atoms with van der Waals surface area (Å²) >= 11 is 15.5. The molecule has 3 rings (SSSR count). The Kier molecular flexibility index (Phi) is 4.08. The van der Waals surface area contributed by atoms with E-state index >= 15 is 0 Å². The zero-order chi connectivity index (χ0) is 15.9. The van der Waals surface area contributed by atoms with Gasteiger partial charge in [-0.25, -0.2) is 4.98 Å². The van der Waals surface area contributed by atoms with Crippen LogP contribution < -0.4 is 5.11 Å². The largest absolute Gasteiger partial charge is 0.545 e. The highest BCUT2D eigenvalue weighted by Crippen LogP contribution is 2.32. The lowest BCUT2D eigenvalue weighted by atomic mass is 10.0. The monoisotopic (exact) mass is 394 g/mol. The molecule has 3 nitrogen and oxygen atoms in total. The third-order valence-electron chi connectivity index (χ3n) is 3.20. The smallest absolute Gasteiger partial charge is 0.0731 e. The van der Waals surface area contributed by atoms with Gasteiger partial charge in [0.1, 0.15) is 0 Å². The van der Waals surface area contributed by atoms with Crippen LogP contribution in [-0.4, -0.2) is 11.0 Å². The van der Waals surface area contributed by atoms with Crippen molar-refractivity contribution in [3.8, 4) is 11.3 Å². The van der Waals surface area contributed by atoms with Crippen molar-refractivity contribution in [3.63, 3.8) is 0 Å². The molecule has 0 saturated heterocycles. The van der Waals surface area contributed by atoms with E-state index in [0.29, 0.717) is 32.2 Å². The number of hydrogen-bond acceptors (Lipinski definition) is 3. The first-order valence-electron chi connectivity index (χ1n) is 6.23. The van der Waals surface area contributed by atoms with Crippen LogP contribution in [0.15, 0.2) is 46.9 Å². The zero-order valence-electron chi connectivity index (χ0n) is 10.9. The van der Waals surface area contributed by atoms with E-state index in [-0.39, 0.29) is 5.56 Å². The van der Waals surface area contributed by atoms with E-state index in [1.54, 1.807) is 36.4 Å². The minimum absolute atomic E-state index is 0.0588. The fourth-order valence-electron chi connectivity index (χ4n) is 2.20. The van der Waals surface area contributed by atoms with Gasteiger partial charge in [0.2, 0.25) is 0 Å². The molecule has 0 aliphatic heterocycles. The van der Waals surface area contributed by atoms with E-state index in [1.165, 1.54) is 6.07 Å². The van der Waals surface area contributed by atoms with Gasteiger partial charge in [-0.05, 0) is 36.4 Å². The first kappa shape index (κ1) is 15.3. The molecule has 0 atom stereocenters. The Morgan fingerprint density at radius 2 is 1.86 bits per heavy atom. The molecule has 0 amide bonds. The van der Waals surface area contributed by atoms with Gasteiger partial charge >= 0.3 is 0 Å². The molecule has 1 heterocycles. The van der Waals surface area contributed by atoms with E-state index in [4.69, 9.17) is 23.2 Å². The lowest BCUT2D eigenvalue weighted by molar-refractivity contribution is -0.254. The summed E-state index contributed by atoms with van der Waals surface area (Å²) in [6.07, 6.45) is 0. The predicted octanol–water partition coefficient (Wildman–Crippen LogP) is 4.33. The van der Waals surface area contributed by atoms with Gasteiger partial charge in [-0.3, -0.25) is 0 Å². The Morgan fingerprint density at radius 1 is 1.09 bits per heavy atom. The van der Waals surface area contributed by atoms with Gasteiger partial charge in [0, 0.05) is 26.0 Å². The van der Waals surface area contributed by atoms with E-state index in [9.17, 15) is 9.90 Å². The van der Waals surface area contributed by atoms with Crippen LogP contribution in [0, 0.1) is 0 Å². The Hall–Kier alpha value is -1.62. The predicted molar refractivity (Wildman–Crippen MR) is 89.2 cm³/mol. The summed E-state index contributed by atoms with van der Waals surface area (Å²) in [4.78, 5) is 15.9. The van der Waals surface area contributed by atoms with Crippen molar-refractivity contribution in [2.24, 2.45) is 0 Å². The van der Waals surface area contributed by atoms with Crippen LogP contribution in [0.1, 0.15) is 10.4 Å². The van der Waals surface area contributed by atoms with Gasteiger partial charge in [0.25, 0.3) is 0 Å². The number of carbonyl (C=O) groups is 1. The normalized spacial score (nSPS) is 10.9. The maximum atomic E-state index is 11.4. The molecule has 0 unspecified atom stereocenters. The molecule has 0 saturated carbocycles. The number of rotatable bonds is 2. The van der Waals surface area contributed by atoms with Gasteiger partial charge in [-0.15, -0.1) is 0 Å². The highest BCUT2D eigenvalue weighted by atomic mass is 79.9. The summed E-state index contributed by atoms with van der Waals surface area (Å²) in [5.74, 6) is -1.27. The van der Waals surface area contributed by atoms with Gasteiger partial charge in [0.15, 0.2) is 0 Å². The van der Waals surface area contributed by atoms with Crippen LogP contribution in [0.5, 0.6) is 0 Å². The molecular weight excluding hydrogens is 389 g/mol. The van der Waals surface area contributed by atoms with E-state index in [1.807, 2.05) is 0 Å². The summed E-state index contributed by atoms with van der Waals surface area (Å²) in [5, 5.41) is 12.9. The molecule has 0 bridgehead atoms. The Bertz CT molecular complexity index is 912. The Balaban J connectivity index is 2.35. The number of carboxylic acids is 1. The van der Waals surface area contributed by atoms with Crippen LogP contribution in [-0.2, 0) is 0 Å². The van der Waals surface area contributed by atoms with E-state index in [2.05, 4.69) is 20.9 Å². The highest BCUT2D eigenvalue weighted by Gasteiger charge is 2.12. The van der Waals surface area contributed by atoms with Crippen molar-refractivity contribution in [2.45, 2.75) is 0 Å². The third-order valence-corrected chi connectivity index (χ3v) is 4.25. The van der Waals surface area contributed by atoms with Crippen LogP contribution in [0.2, 0.25) is 10.0 Å². The number of hydrogen-bond donors (Lipinski definition) is 0. The molecule has 2 aromatic carbocycles. The molecule has 3 aromatic rings. The number of fused-ring (bicyclic) bond motifs is 1. The SMILES string of the molecule is O=C([O-])c1cc(-c2cc(Cl)ccc2Cl)nc2cc(Br)ccc12. The van der Waals surface area contributed by atoms with Crippen molar-refractivity contribution in [1.29, 1.82) is 0 Å². The van der Waals surface area contributed by atoms with Crippen LogP contribution in [0.4, 0.5) is 0 Å². The number of nitrogens with zero attached hydrogens (tertiary/aromatic N) is 1. The standard InChI is InChI=1S/C16H8BrCl2NO2/c17-8-1-3-10-11(16(21)22)7-15(20-14(10)5-8)12-6-9(18)2-4-13(12)19/h1-7H,(H,21,22)/p-1. The molecule has 0 spiro atoms. The lowest BCUT2D eigenvalue weighted by Gasteiger charge is -2.12. The summed E-state index contributed by atoms with van der Waals surface area (Å²) in [7, 11) is 0. The molecule has 0 aliphatic carbocycles. The number of aromatic nitrogens is 1. The summed E-state index contributed by atoms with van der Waals surface area (Å²) < 4.78 is 0.797. The van der Waals surface area contributed by atoms with Gasteiger partial charge < -0.3 is 9.90 Å². The van der Waals surface area contributed by atoms with Crippen molar-refractivity contribution in [1.82, 2.24) is 4.98 Å². The molecule has 0 fully saturated rings. The van der Waals surface area contributed by atoms with Crippen molar-refractivity contribution in [3.05, 3.63) is 62.5 Å². The second-order valence-electron chi connectivity index (χ2n) is 4.63. The minimum atomic E-state index is -1.27. The average Bonchev–Trinajstić information content (AvgIpc) is 2.48. The molecular formula is C16H7BrCl2NO2-. The number of carbonyl (C=O) groups excluding carboxylic acids is 1. The van der Waals surface area contributed by atoms with Crippen LogP contribution >= 0.6 is 39.1 Å². The molecule has 22 heavy (non-hydrogen) atoms. The number of pyridine rings is 1. The quantitative estimate of drug-likeness (QED) is 0.648. The van der Waals surface area contributed by atoms with E-state index < -0.39 is 5.97 Å². The maximum Gasteiger partial charge on any atom is 0.0731 e. The number of halogens is 3. The summed E-state index contributed by atoms with van der Waals surface area (Å²) in [5.41, 5.74) is 1.58. The average molecular weight is 396 g/mol. The summed E-state index contributed by atoms with van der Waals surface area (Å²) in [6.45, 7) is 0. The zero-order valence-corrected chi connectivity index (χ0v) is 14.0. The lowest BCUT2D eigenvalue weighted by Crippen LogP contribution is -2.22. The third kappa shape index (κ3) is 2.82. The van der Waals surface area contributed by atoms with Gasteiger partial charge in [0.05, 0.1) is 22.2 Å². The van der Waals surface area contributed by atoms with Gasteiger partial charge in [-0.1, -0.05) is 45.2 Å². The molecule has 110 valence electrons. The first-order valence-corrected chi connectivity index (χ1v) is 7.77. The van der Waals surface area contributed by atoms with Crippen LogP contribution in [0.25, 0.3) is 22.2 Å². The Labute approximate surface area is 144 Å². The molecule has 0 N–H and O–H groups in total. The fraction of sp³-hybridized carbons (Fsp3) is 0. The fourth-order valence-corrected chi connectivity index (χ4v) is 2.94. The van der Waals surface area contributed by atoms with Crippen LogP contribution in [0.3, 0.4) is 0 Å². The molecule has 1 aromatic heterocycles. The molecule has 6 heteroatoms. The molecule has 0 radical (unpaired) electrons. The highest BCUT2D eigenvalue weighted by molar-refractivity contribution is 9.10. The molecule has 0 aliphatic rings. The van der Waals surface area contributed by atoms with Crippen molar-refractivity contribution in [2.75, 3.05) is 0 Å². The second-order valence-corrected chi connectivity index (χ2v) is 6.39. The van der Waals surface area contributed by atoms with E-state index in [0.717, 1.165) is 4.47 Å². The number of carboxylic acid groups (broad SMARTS) is 1. The topological polar surface area (TPSA) is 53.0 Å². The summed E-state index contributed by atoms with van der Waals surface area (Å²) in [6, 6.07) is 11.6. The van der Waals surface area contributed by atoms with Crippen molar-refractivity contribution >= 4 is 56.0 Å². The Morgan fingerprint density at radius 3 is 2.59 bits per heavy atom.